The van der Waals surface area contributed by atoms with Crippen molar-refractivity contribution in [3.05, 3.63) is 77.9 Å². The molecule has 3 heterocycles. The molecule has 1 saturated carbocycles. The first-order valence-corrected chi connectivity index (χ1v) is 14.8. The van der Waals surface area contributed by atoms with Crippen molar-refractivity contribution in [1.29, 1.82) is 0 Å². The van der Waals surface area contributed by atoms with E-state index in [1.54, 1.807) is 6.07 Å². The van der Waals surface area contributed by atoms with Gasteiger partial charge in [-0.05, 0) is 61.8 Å². The van der Waals surface area contributed by atoms with Crippen LogP contribution in [-0.2, 0) is 21.3 Å². The molecule has 2 aliphatic carbocycles. The number of para-hydroxylation sites is 1. The van der Waals surface area contributed by atoms with Gasteiger partial charge in [0.2, 0.25) is 0 Å². The van der Waals surface area contributed by atoms with Crippen LogP contribution >= 0.6 is 0 Å². The van der Waals surface area contributed by atoms with Gasteiger partial charge in [0.1, 0.15) is 5.82 Å². The molecule has 2 atom stereocenters. The number of benzene rings is 2. The lowest BCUT2D eigenvalue weighted by Gasteiger charge is -2.52. The fourth-order valence-corrected chi connectivity index (χ4v) is 7.47. The zero-order chi connectivity index (χ0) is 27.3. The summed E-state index contributed by atoms with van der Waals surface area (Å²) in [6.07, 6.45) is 8.48. The van der Waals surface area contributed by atoms with E-state index < -0.39 is 5.79 Å². The molecule has 5 nitrogen and oxygen atoms in total. The molecule has 0 bridgehead atoms. The van der Waals surface area contributed by atoms with Crippen molar-refractivity contribution in [2.45, 2.75) is 70.0 Å². The first-order chi connectivity index (χ1) is 19.5. The highest BCUT2D eigenvalue weighted by Crippen LogP contribution is 2.57. The molecule has 0 N–H and O–H groups in total. The number of rotatable bonds is 5. The lowest BCUT2D eigenvalue weighted by atomic mass is 9.55. The molecule has 1 aliphatic heterocycles. The largest absolute Gasteiger partial charge is 0.348 e. The number of hydrogen-bond acceptors (Lipinski definition) is 5. The van der Waals surface area contributed by atoms with Crippen LogP contribution in [-0.4, -0.2) is 34.0 Å². The van der Waals surface area contributed by atoms with Crippen LogP contribution in [0.4, 0.5) is 4.39 Å². The van der Waals surface area contributed by atoms with Crippen molar-refractivity contribution in [1.82, 2.24) is 15.0 Å². The van der Waals surface area contributed by atoms with E-state index in [0.29, 0.717) is 36.4 Å². The monoisotopic (exact) mass is 537 g/mol. The molecule has 6 heteroatoms. The predicted octanol–water partition coefficient (Wildman–Crippen LogP) is 7.66. The summed E-state index contributed by atoms with van der Waals surface area (Å²) in [5, 5.41) is 1.00. The summed E-state index contributed by atoms with van der Waals surface area (Å²) >= 11 is 0. The maximum atomic E-state index is 15.4. The topological polar surface area (TPSA) is 57.1 Å². The third-order valence-corrected chi connectivity index (χ3v) is 9.51. The molecule has 2 aromatic carbocycles. The number of pyridine rings is 1. The zero-order valence-electron chi connectivity index (χ0n) is 23.3. The van der Waals surface area contributed by atoms with E-state index in [1.165, 1.54) is 6.07 Å². The van der Waals surface area contributed by atoms with Crippen LogP contribution in [0.2, 0.25) is 0 Å². The van der Waals surface area contributed by atoms with Gasteiger partial charge in [-0.2, -0.15) is 0 Å². The smallest absolute Gasteiger partial charge is 0.168 e. The van der Waals surface area contributed by atoms with E-state index in [2.05, 4.69) is 24.9 Å². The molecule has 206 valence electrons. The van der Waals surface area contributed by atoms with Crippen LogP contribution in [0.1, 0.15) is 63.6 Å². The molecule has 0 amide bonds. The third-order valence-electron chi connectivity index (χ3n) is 9.51. The molecule has 4 aromatic rings. The molecule has 0 unspecified atom stereocenters. The van der Waals surface area contributed by atoms with Crippen LogP contribution in [0.25, 0.3) is 33.5 Å². The molecule has 0 radical (unpaired) electrons. The second-order valence-electron chi connectivity index (χ2n) is 12.2. The highest BCUT2D eigenvalue weighted by atomic mass is 19.1. The Kier molecular flexibility index (Phi) is 6.43. The molecule has 1 saturated heterocycles. The lowest BCUT2D eigenvalue weighted by molar-refractivity contribution is -0.201. The average Bonchev–Trinajstić information content (AvgIpc) is 3.43. The second kappa shape index (κ2) is 10.0. The van der Waals surface area contributed by atoms with E-state index in [1.807, 2.05) is 42.6 Å². The van der Waals surface area contributed by atoms with Gasteiger partial charge < -0.3 is 9.47 Å². The zero-order valence-corrected chi connectivity index (χ0v) is 23.3. The van der Waals surface area contributed by atoms with Crippen molar-refractivity contribution < 1.29 is 13.9 Å². The Labute approximate surface area is 235 Å². The van der Waals surface area contributed by atoms with Crippen LogP contribution in [0, 0.1) is 17.7 Å². The van der Waals surface area contributed by atoms with E-state index >= 15 is 4.39 Å². The predicted molar refractivity (Wildman–Crippen MR) is 154 cm³/mol. The van der Waals surface area contributed by atoms with Gasteiger partial charge in [0.25, 0.3) is 0 Å². The number of halogens is 1. The van der Waals surface area contributed by atoms with Crippen LogP contribution in [0.15, 0.2) is 60.8 Å². The van der Waals surface area contributed by atoms with Gasteiger partial charge in [0.05, 0.1) is 30.1 Å². The van der Waals surface area contributed by atoms with Gasteiger partial charge in [0, 0.05) is 46.5 Å². The molecule has 3 aliphatic rings. The van der Waals surface area contributed by atoms with Crippen molar-refractivity contribution >= 4 is 10.9 Å². The number of nitrogens with zero attached hydrogens (tertiary/aromatic N) is 3. The standard InChI is InChI=1S/C34H36FN3O2/c1-22(2)13-15-33-16-17-34(39-19-20-40-34)21-23(33)11-12-27-30(26-8-3-5-9-28(26)35)37-32(38-31(27)33)25-14-18-36-29-10-6-4-7-24(25)29/h3-10,14,18,22-23H,11-13,15-17,19-21H2,1-2H3/t23-,33-/m1/s1. The minimum atomic E-state index is -0.463. The quantitative estimate of drug-likeness (QED) is 0.262. The minimum absolute atomic E-state index is 0.126. The summed E-state index contributed by atoms with van der Waals surface area (Å²) < 4.78 is 27.9. The molecule has 40 heavy (non-hydrogen) atoms. The highest BCUT2D eigenvalue weighted by Gasteiger charge is 2.55. The van der Waals surface area contributed by atoms with Gasteiger partial charge in [-0.15, -0.1) is 0 Å². The van der Waals surface area contributed by atoms with Crippen LogP contribution in [0.5, 0.6) is 0 Å². The van der Waals surface area contributed by atoms with E-state index in [4.69, 9.17) is 19.4 Å². The highest BCUT2D eigenvalue weighted by molar-refractivity contribution is 5.92. The van der Waals surface area contributed by atoms with Gasteiger partial charge in [-0.1, -0.05) is 50.6 Å². The first kappa shape index (κ1) is 25.7. The molecule has 2 aromatic heterocycles. The molecular weight excluding hydrogens is 501 g/mol. The van der Waals surface area contributed by atoms with Gasteiger partial charge >= 0.3 is 0 Å². The van der Waals surface area contributed by atoms with Crippen LogP contribution < -0.4 is 0 Å². The Hall–Kier alpha value is -3.22. The second-order valence-corrected chi connectivity index (χ2v) is 12.2. The molecule has 2 fully saturated rings. The summed E-state index contributed by atoms with van der Waals surface area (Å²) in [6, 6.07) is 17.1. The fraction of sp³-hybridized carbons (Fsp3) is 0.441. The Balaban J connectivity index is 1.47. The SMILES string of the molecule is CC(C)CC[C@@]12CCC3(C[C@H]1CCc1c(-c4ccccc4F)nc(-c4ccnc5ccccc45)nc12)OCCO3. The summed E-state index contributed by atoms with van der Waals surface area (Å²) in [7, 11) is 0. The van der Waals surface area contributed by atoms with E-state index in [9.17, 15) is 0 Å². The molecule has 7 rings (SSSR count). The Bertz CT molecular complexity index is 1560. The lowest BCUT2D eigenvalue weighted by Crippen LogP contribution is -2.51. The Morgan fingerprint density at radius 1 is 0.950 bits per heavy atom. The summed E-state index contributed by atoms with van der Waals surface area (Å²) in [5.41, 5.74) is 5.21. The molecule has 1 spiro atoms. The third kappa shape index (κ3) is 4.24. The van der Waals surface area contributed by atoms with E-state index in [0.717, 1.165) is 78.4 Å². The number of aromatic nitrogens is 3. The summed E-state index contributed by atoms with van der Waals surface area (Å²) in [4.78, 5) is 15.2. The number of fused-ring (bicyclic) bond motifs is 4. The van der Waals surface area contributed by atoms with E-state index in [-0.39, 0.29) is 11.2 Å². The van der Waals surface area contributed by atoms with Crippen LogP contribution in [0.3, 0.4) is 0 Å². The number of hydrogen-bond donors (Lipinski definition) is 0. The minimum Gasteiger partial charge on any atom is -0.348 e. The molecular formula is C34H36FN3O2. The van der Waals surface area contributed by atoms with Crippen molar-refractivity contribution in [3.63, 3.8) is 0 Å². The maximum Gasteiger partial charge on any atom is 0.168 e. The van der Waals surface area contributed by atoms with Gasteiger partial charge in [0.15, 0.2) is 11.6 Å². The summed E-state index contributed by atoms with van der Waals surface area (Å²) in [5.74, 6) is 0.897. The normalized spacial score (nSPS) is 23.4. The number of ether oxygens (including phenoxy) is 2. The first-order valence-electron chi connectivity index (χ1n) is 14.8. The van der Waals surface area contributed by atoms with Crippen molar-refractivity contribution in [3.8, 4) is 22.6 Å². The van der Waals surface area contributed by atoms with Gasteiger partial charge in [-0.3, -0.25) is 4.98 Å². The van der Waals surface area contributed by atoms with Gasteiger partial charge in [-0.25, -0.2) is 14.4 Å². The maximum absolute atomic E-state index is 15.4. The Morgan fingerprint density at radius 2 is 1.75 bits per heavy atom. The summed E-state index contributed by atoms with van der Waals surface area (Å²) in [6.45, 7) is 5.92. The Morgan fingerprint density at radius 3 is 2.58 bits per heavy atom. The average molecular weight is 538 g/mol. The van der Waals surface area contributed by atoms with Crippen molar-refractivity contribution in [2.75, 3.05) is 13.2 Å². The van der Waals surface area contributed by atoms with Crippen molar-refractivity contribution in [2.24, 2.45) is 11.8 Å². The fourth-order valence-electron chi connectivity index (χ4n) is 7.47.